The smallest absolute Gasteiger partial charge is 0.329 e. The third-order valence-electron chi connectivity index (χ3n) is 2.67. The lowest BCUT2D eigenvalue weighted by molar-refractivity contribution is -0.0135. The Bertz CT molecular complexity index is 737. The van der Waals surface area contributed by atoms with Crippen molar-refractivity contribution in [1.29, 1.82) is 0 Å². The summed E-state index contributed by atoms with van der Waals surface area (Å²) in [7, 11) is 0. The van der Waals surface area contributed by atoms with Crippen LogP contribution in [0.1, 0.15) is 5.56 Å². The normalized spacial score (nSPS) is 13.4. The van der Waals surface area contributed by atoms with E-state index in [1.165, 1.54) is 0 Å². The summed E-state index contributed by atoms with van der Waals surface area (Å²) >= 11 is 4.33. The van der Waals surface area contributed by atoms with Crippen molar-refractivity contribution in [2.24, 2.45) is 0 Å². The predicted molar refractivity (Wildman–Crippen MR) is 71.2 cm³/mol. The van der Waals surface area contributed by atoms with Crippen molar-refractivity contribution in [1.82, 2.24) is 9.55 Å². The largest absolute Gasteiger partial charge is 0.385 e. The standard InChI is InChI=1S/C10H9BrF2N2O3S/c1-3-5-8(17)14-10(18)15(2-4(16)7(12)13)9(5)19-6(3)11/h4,7,16H,2H2,1H3,(H,14,17,18)/t4-/m1/s1. The minimum atomic E-state index is -2.96. The van der Waals surface area contributed by atoms with Crippen LogP contribution in [0.15, 0.2) is 13.4 Å². The molecule has 0 saturated carbocycles. The van der Waals surface area contributed by atoms with Crippen LogP contribution < -0.4 is 11.2 Å². The summed E-state index contributed by atoms with van der Waals surface area (Å²) in [6.07, 6.45) is -4.92. The van der Waals surface area contributed by atoms with Gasteiger partial charge in [-0.3, -0.25) is 14.3 Å². The summed E-state index contributed by atoms with van der Waals surface area (Å²) in [5.74, 6) is 0. The van der Waals surface area contributed by atoms with Gasteiger partial charge >= 0.3 is 5.69 Å². The fraction of sp³-hybridized carbons (Fsp3) is 0.400. The first-order valence-electron chi connectivity index (χ1n) is 5.21. The Morgan fingerprint density at radius 3 is 2.68 bits per heavy atom. The first-order valence-corrected chi connectivity index (χ1v) is 6.81. The molecule has 0 aromatic carbocycles. The van der Waals surface area contributed by atoms with Crippen molar-refractivity contribution in [2.75, 3.05) is 0 Å². The molecule has 2 rings (SSSR count). The van der Waals surface area contributed by atoms with Crippen molar-refractivity contribution < 1.29 is 13.9 Å². The van der Waals surface area contributed by atoms with Crippen LogP contribution in [-0.4, -0.2) is 27.2 Å². The summed E-state index contributed by atoms with van der Waals surface area (Å²) in [6, 6.07) is 0. The number of nitrogens with one attached hydrogen (secondary N) is 1. The number of alkyl halides is 2. The number of thiophene rings is 1. The minimum Gasteiger partial charge on any atom is -0.385 e. The van der Waals surface area contributed by atoms with E-state index in [1.807, 2.05) is 0 Å². The van der Waals surface area contributed by atoms with Gasteiger partial charge in [-0.2, -0.15) is 0 Å². The molecule has 0 aliphatic carbocycles. The topological polar surface area (TPSA) is 75.1 Å². The molecule has 0 spiro atoms. The predicted octanol–water partition coefficient (Wildman–Crippen LogP) is 1.45. The van der Waals surface area contributed by atoms with Gasteiger partial charge in [-0.05, 0) is 28.4 Å². The quantitative estimate of drug-likeness (QED) is 0.875. The molecule has 0 aliphatic heterocycles. The van der Waals surface area contributed by atoms with E-state index in [9.17, 15) is 23.5 Å². The summed E-state index contributed by atoms with van der Waals surface area (Å²) in [4.78, 5) is 25.7. The van der Waals surface area contributed by atoms with Crippen LogP contribution in [0, 0.1) is 6.92 Å². The van der Waals surface area contributed by atoms with E-state index in [2.05, 4.69) is 20.9 Å². The van der Waals surface area contributed by atoms with Gasteiger partial charge in [-0.25, -0.2) is 13.6 Å². The highest BCUT2D eigenvalue weighted by Gasteiger charge is 2.21. The maximum atomic E-state index is 12.4. The van der Waals surface area contributed by atoms with Gasteiger partial charge in [0.25, 0.3) is 12.0 Å². The Labute approximate surface area is 117 Å². The number of aromatic nitrogens is 2. The number of rotatable bonds is 3. The lowest BCUT2D eigenvalue weighted by atomic mass is 10.2. The van der Waals surface area contributed by atoms with Gasteiger partial charge in [-0.15, -0.1) is 11.3 Å². The van der Waals surface area contributed by atoms with Gasteiger partial charge in [0.05, 0.1) is 15.7 Å². The molecule has 2 N–H and O–H groups in total. The molecular formula is C10H9BrF2N2O3S. The number of hydrogen-bond acceptors (Lipinski definition) is 4. The summed E-state index contributed by atoms with van der Waals surface area (Å²) in [5.41, 5.74) is -0.755. The van der Waals surface area contributed by atoms with Gasteiger partial charge < -0.3 is 5.11 Å². The van der Waals surface area contributed by atoms with E-state index < -0.39 is 30.3 Å². The first kappa shape index (κ1) is 14.4. The minimum absolute atomic E-state index is 0.262. The molecule has 19 heavy (non-hydrogen) atoms. The van der Waals surface area contributed by atoms with Crippen LogP contribution in [-0.2, 0) is 6.54 Å². The Hall–Kier alpha value is -1.06. The van der Waals surface area contributed by atoms with E-state index in [0.717, 1.165) is 15.9 Å². The van der Waals surface area contributed by atoms with Gasteiger partial charge in [-0.1, -0.05) is 0 Å². The molecule has 0 aliphatic rings. The first-order chi connectivity index (χ1) is 8.82. The number of aryl methyl sites for hydroxylation is 1. The maximum absolute atomic E-state index is 12.4. The molecule has 0 radical (unpaired) electrons. The fourth-order valence-corrected chi connectivity index (χ4v) is 3.38. The van der Waals surface area contributed by atoms with E-state index >= 15 is 0 Å². The van der Waals surface area contributed by atoms with Crippen molar-refractivity contribution >= 4 is 37.5 Å². The zero-order valence-electron chi connectivity index (χ0n) is 9.61. The Balaban J connectivity index is 2.71. The second-order valence-corrected chi connectivity index (χ2v) is 6.27. The van der Waals surface area contributed by atoms with Gasteiger partial charge in [0.1, 0.15) is 10.9 Å². The Morgan fingerprint density at radius 1 is 1.47 bits per heavy atom. The van der Waals surface area contributed by atoms with Gasteiger partial charge in [0, 0.05) is 0 Å². The molecule has 0 saturated heterocycles. The van der Waals surface area contributed by atoms with Crippen LogP contribution in [0.25, 0.3) is 10.2 Å². The monoisotopic (exact) mass is 354 g/mol. The number of aromatic amines is 1. The number of hydrogen-bond donors (Lipinski definition) is 2. The van der Waals surface area contributed by atoms with E-state index in [1.54, 1.807) is 6.92 Å². The third kappa shape index (κ3) is 2.49. The molecule has 2 heterocycles. The molecule has 1 atom stereocenters. The second-order valence-electron chi connectivity index (χ2n) is 3.95. The fourth-order valence-electron chi connectivity index (χ4n) is 1.68. The van der Waals surface area contributed by atoms with Crippen LogP contribution in [0.2, 0.25) is 0 Å². The molecule has 0 amide bonds. The number of aliphatic hydroxyl groups excluding tert-OH is 1. The highest BCUT2D eigenvalue weighted by atomic mass is 79.9. The Morgan fingerprint density at radius 2 is 2.11 bits per heavy atom. The zero-order chi connectivity index (χ0) is 14.3. The van der Waals surface area contributed by atoms with E-state index in [4.69, 9.17) is 0 Å². The molecule has 5 nitrogen and oxygen atoms in total. The van der Waals surface area contributed by atoms with Crippen molar-refractivity contribution in [2.45, 2.75) is 26.0 Å². The molecule has 9 heteroatoms. The second kappa shape index (κ2) is 5.14. The molecular weight excluding hydrogens is 346 g/mol. The van der Waals surface area contributed by atoms with Crippen LogP contribution >= 0.6 is 27.3 Å². The van der Waals surface area contributed by atoms with Crippen LogP contribution in [0.5, 0.6) is 0 Å². The number of fused-ring (bicyclic) bond motifs is 1. The lowest BCUT2D eigenvalue weighted by Gasteiger charge is -2.11. The summed E-state index contributed by atoms with van der Waals surface area (Å²) in [6.45, 7) is 1.10. The molecule has 0 bridgehead atoms. The van der Waals surface area contributed by atoms with E-state index in [-0.39, 0.29) is 10.2 Å². The Kier molecular flexibility index (Phi) is 3.88. The molecule has 2 aromatic heterocycles. The molecule has 0 unspecified atom stereocenters. The van der Waals surface area contributed by atoms with Crippen molar-refractivity contribution in [3.63, 3.8) is 0 Å². The average Bonchev–Trinajstić information content (AvgIpc) is 2.61. The van der Waals surface area contributed by atoms with E-state index in [0.29, 0.717) is 9.35 Å². The summed E-state index contributed by atoms with van der Waals surface area (Å²) < 4.78 is 26.3. The average molecular weight is 355 g/mol. The van der Waals surface area contributed by atoms with Crippen molar-refractivity contribution in [3.05, 3.63) is 30.2 Å². The SMILES string of the molecule is Cc1c(Br)sc2c1c(=O)[nH]c(=O)n2C[C@@H](O)C(F)F. The van der Waals surface area contributed by atoms with Crippen LogP contribution in [0.4, 0.5) is 8.78 Å². The maximum Gasteiger partial charge on any atom is 0.329 e. The molecule has 0 fully saturated rings. The molecule has 2 aromatic rings. The van der Waals surface area contributed by atoms with Gasteiger partial charge in [0.15, 0.2) is 0 Å². The number of aliphatic hydroxyl groups is 1. The zero-order valence-corrected chi connectivity index (χ0v) is 12.0. The van der Waals surface area contributed by atoms with Crippen LogP contribution in [0.3, 0.4) is 0 Å². The highest BCUT2D eigenvalue weighted by Crippen LogP contribution is 2.32. The number of nitrogens with zero attached hydrogens (tertiary/aromatic N) is 1. The summed E-state index contributed by atoms with van der Waals surface area (Å²) in [5, 5.41) is 9.46. The van der Waals surface area contributed by atoms with Gasteiger partial charge in [0.2, 0.25) is 0 Å². The third-order valence-corrected chi connectivity index (χ3v) is 4.85. The highest BCUT2D eigenvalue weighted by molar-refractivity contribution is 9.11. The molecule has 104 valence electrons. The number of halogens is 3. The lowest BCUT2D eigenvalue weighted by Crippen LogP contribution is -2.35. The van der Waals surface area contributed by atoms with Crippen molar-refractivity contribution in [3.8, 4) is 0 Å². The number of H-pyrrole nitrogens is 1.